The highest BCUT2D eigenvalue weighted by atomic mass is 16.5. The van der Waals surface area contributed by atoms with Gasteiger partial charge in [-0.3, -0.25) is 4.79 Å². The van der Waals surface area contributed by atoms with E-state index in [1.807, 2.05) is 37.3 Å². The van der Waals surface area contributed by atoms with E-state index in [0.717, 1.165) is 28.0 Å². The first kappa shape index (κ1) is 13.3. The summed E-state index contributed by atoms with van der Waals surface area (Å²) in [6.45, 7) is 5.68. The highest BCUT2D eigenvalue weighted by Crippen LogP contribution is 2.30. The molecule has 0 atom stereocenters. The van der Waals surface area contributed by atoms with Crippen molar-refractivity contribution < 1.29 is 9.53 Å². The fourth-order valence-corrected chi connectivity index (χ4v) is 2.21. The van der Waals surface area contributed by atoms with Crippen LogP contribution in [0.25, 0.3) is 11.1 Å². The third kappa shape index (κ3) is 2.68. The molecule has 0 fully saturated rings. The number of carbonyl (C=O) groups is 1. The molecule has 98 valence electrons. The zero-order valence-electron chi connectivity index (χ0n) is 11.8. The van der Waals surface area contributed by atoms with E-state index in [4.69, 9.17) is 4.74 Å². The van der Waals surface area contributed by atoms with Gasteiger partial charge in [-0.1, -0.05) is 24.3 Å². The van der Waals surface area contributed by atoms with Crippen molar-refractivity contribution in [1.29, 1.82) is 0 Å². The van der Waals surface area contributed by atoms with Gasteiger partial charge < -0.3 is 4.74 Å². The maximum atomic E-state index is 11.3. The predicted octanol–water partition coefficient (Wildman–Crippen LogP) is 4.18. The number of Topliss-reactive ketones (excluding diaryl/α,β-unsaturated/α-hetero) is 1. The van der Waals surface area contributed by atoms with Gasteiger partial charge in [-0.05, 0) is 55.2 Å². The third-order valence-corrected chi connectivity index (χ3v) is 3.34. The Morgan fingerprint density at radius 3 is 2.16 bits per heavy atom. The second kappa shape index (κ2) is 5.27. The lowest BCUT2D eigenvalue weighted by Crippen LogP contribution is -1.93. The smallest absolute Gasteiger partial charge is 0.159 e. The first-order valence-electron chi connectivity index (χ1n) is 6.29. The summed E-state index contributed by atoms with van der Waals surface area (Å²) < 4.78 is 5.32. The number of rotatable bonds is 3. The van der Waals surface area contributed by atoms with Gasteiger partial charge >= 0.3 is 0 Å². The zero-order valence-corrected chi connectivity index (χ0v) is 11.8. The van der Waals surface area contributed by atoms with E-state index in [-0.39, 0.29) is 5.78 Å². The van der Waals surface area contributed by atoms with Crippen molar-refractivity contribution >= 4 is 5.78 Å². The van der Waals surface area contributed by atoms with Crippen LogP contribution in [0.4, 0.5) is 0 Å². The predicted molar refractivity (Wildman–Crippen MR) is 77.9 cm³/mol. The summed E-state index contributed by atoms with van der Waals surface area (Å²) in [4.78, 5) is 11.3. The fourth-order valence-electron chi connectivity index (χ4n) is 2.21. The van der Waals surface area contributed by atoms with E-state index in [1.54, 1.807) is 14.0 Å². The molecule has 0 radical (unpaired) electrons. The molecule has 2 nitrogen and oxygen atoms in total. The molecule has 2 heteroatoms. The number of hydrogen-bond donors (Lipinski definition) is 0. The van der Waals surface area contributed by atoms with Crippen LogP contribution >= 0.6 is 0 Å². The summed E-state index contributed by atoms with van der Waals surface area (Å²) in [5.41, 5.74) is 5.31. The van der Waals surface area contributed by atoms with Crippen LogP contribution in [-0.4, -0.2) is 12.9 Å². The third-order valence-electron chi connectivity index (χ3n) is 3.34. The zero-order chi connectivity index (χ0) is 14.0. The molecule has 0 N–H and O–H groups in total. The second-order valence-corrected chi connectivity index (χ2v) is 4.77. The monoisotopic (exact) mass is 254 g/mol. The molecule has 0 unspecified atom stereocenters. The van der Waals surface area contributed by atoms with E-state index < -0.39 is 0 Å². The Balaban J connectivity index is 2.47. The number of methoxy groups -OCH3 is 1. The minimum Gasteiger partial charge on any atom is -0.496 e. The van der Waals surface area contributed by atoms with E-state index >= 15 is 0 Å². The molecule has 2 aromatic carbocycles. The summed E-state index contributed by atoms with van der Waals surface area (Å²) in [5.74, 6) is 0.996. The van der Waals surface area contributed by atoms with Gasteiger partial charge in [0, 0.05) is 5.56 Å². The molecule has 0 bridgehead atoms. The van der Waals surface area contributed by atoms with Crippen LogP contribution in [0, 0.1) is 13.8 Å². The first-order valence-corrected chi connectivity index (χ1v) is 6.29. The van der Waals surface area contributed by atoms with Crippen LogP contribution in [0.2, 0.25) is 0 Å². The van der Waals surface area contributed by atoms with Crippen LogP contribution in [0.1, 0.15) is 28.4 Å². The van der Waals surface area contributed by atoms with E-state index in [1.165, 1.54) is 5.56 Å². The van der Waals surface area contributed by atoms with Crippen molar-refractivity contribution in [2.45, 2.75) is 20.8 Å². The number of aryl methyl sites for hydroxylation is 2. The Kier molecular flexibility index (Phi) is 3.70. The molecule has 0 heterocycles. The SMILES string of the molecule is COc1cc(C)c(-c2ccc(C(C)=O)cc2)cc1C. The minimum absolute atomic E-state index is 0.0918. The largest absolute Gasteiger partial charge is 0.496 e. The van der Waals surface area contributed by atoms with Gasteiger partial charge in [0.25, 0.3) is 0 Å². The molecule has 0 saturated carbocycles. The molecule has 0 aliphatic rings. The van der Waals surface area contributed by atoms with Crippen molar-refractivity contribution in [3.8, 4) is 16.9 Å². The maximum absolute atomic E-state index is 11.3. The van der Waals surface area contributed by atoms with Gasteiger partial charge in [-0.15, -0.1) is 0 Å². The van der Waals surface area contributed by atoms with Gasteiger partial charge in [0.1, 0.15) is 5.75 Å². The van der Waals surface area contributed by atoms with Crippen LogP contribution in [0.5, 0.6) is 5.75 Å². The second-order valence-electron chi connectivity index (χ2n) is 4.77. The van der Waals surface area contributed by atoms with Crippen LogP contribution in [0.3, 0.4) is 0 Å². The van der Waals surface area contributed by atoms with Crippen LogP contribution in [0.15, 0.2) is 36.4 Å². The van der Waals surface area contributed by atoms with Gasteiger partial charge in [0.2, 0.25) is 0 Å². The lowest BCUT2D eigenvalue weighted by molar-refractivity contribution is 0.101. The molecular weight excluding hydrogens is 236 g/mol. The van der Waals surface area contributed by atoms with Crippen molar-refractivity contribution in [3.63, 3.8) is 0 Å². The summed E-state index contributed by atoms with van der Waals surface area (Å²) in [6, 6.07) is 11.9. The van der Waals surface area contributed by atoms with E-state index in [9.17, 15) is 4.79 Å². The summed E-state index contributed by atoms with van der Waals surface area (Å²) >= 11 is 0. The van der Waals surface area contributed by atoms with Crippen LogP contribution < -0.4 is 4.74 Å². The fraction of sp³-hybridized carbons (Fsp3) is 0.235. The topological polar surface area (TPSA) is 26.3 Å². The number of ketones is 1. The number of carbonyl (C=O) groups excluding carboxylic acids is 1. The lowest BCUT2D eigenvalue weighted by Gasteiger charge is -2.11. The Labute approximate surface area is 114 Å². The van der Waals surface area contributed by atoms with Crippen molar-refractivity contribution in [2.24, 2.45) is 0 Å². The molecule has 2 aromatic rings. The van der Waals surface area contributed by atoms with E-state index in [0.29, 0.717) is 0 Å². The quantitative estimate of drug-likeness (QED) is 0.768. The minimum atomic E-state index is 0.0918. The molecule has 0 amide bonds. The van der Waals surface area contributed by atoms with E-state index in [2.05, 4.69) is 13.0 Å². The molecule has 0 aliphatic heterocycles. The Hall–Kier alpha value is -2.09. The van der Waals surface area contributed by atoms with Crippen molar-refractivity contribution in [2.75, 3.05) is 7.11 Å². The lowest BCUT2D eigenvalue weighted by atomic mass is 9.96. The molecule has 0 aliphatic carbocycles. The van der Waals surface area contributed by atoms with Crippen molar-refractivity contribution in [3.05, 3.63) is 53.1 Å². The Morgan fingerprint density at radius 1 is 1.00 bits per heavy atom. The molecule has 0 saturated heterocycles. The molecular formula is C17H18O2. The van der Waals surface area contributed by atoms with Gasteiger partial charge in [-0.25, -0.2) is 0 Å². The van der Waals surface area contributed by atoms with Gasteiger partial charge in [0.15, 0.2) is 5.78 Å². The summed E-state index contributed by atoms with van der Waals surface area (Å²) in [6.07, 6.45) is 0. The number of hydrogen-bond acceptors (Lipinski definition) is 2. The molecule has 0 spiro atoms. The van der Waals surface area contributed by atoms with Gasteiger partial charge in [0.05, 0.1) is 7.11 Å². The molecule has 0 aromatic heterocycles. The number of benzene rings is 2. The average molecular weight is 254 g/mol. The number of ether oxygens (including phenoxy) is 1. The summed E-state index contributed by atoms with van der Waals surface area (Å²) in [7, 11) is 1.68. The Bertz CT molecular complexity index is 610. The standard InChI is InChI=1S/C17H18O2/c1-11-10-17(19-4)12(2)9-16(11)15-7-5-14(6-8-15)13(3)18/h5-10H,1-4H3. The first-order chi connectivity index (χ1) is 9.02. The maximum Gasteiger partial charge on any atom is 0.159 e. The molecule has 2 rings (SSSR count). The Morgan fingerprint density at radius 2 is 1.63 bits per heavy atom. The highest BCUT2D eigenvalue weighted by molar-refractivity contribution is 5.94. The highest BCUT2D eigenvalue weighted by Gasteiger charge is 2.07. The molecule has 19 heavy (non-hydrogen) atoms. The normalized spacial score (nSPS) is 10.3. The summed E-state index contributed by atoms with van der Waals surface area (Å²) in [5, 5.41) is 0. The van der Waals surface area contributed by atoms with Crippen LogP contribution in [-0.2, 0) is 0 Å². The van der Waals surface area contributed by atoms with Crippen molar-refractivity contribution in [1.82, 2.24) is 0 Å². The average Bonchev–Trinajstić information content (AvgIpc) is 2.41. The van der Waals surface area contributed by atoms with Gasteiger partial charge in [-0.2, -0.15) is 0 Å².